The number of amides is 2. The topological polar surface area (TPSA) is 131 Å². The Morgan fingerprint density at radius 3 is 2.09 bits per heavy atom. The highest BCUT2D eigenvalue weighted by molar-refractivity contribution is 5.89. The maximum Gasteiger partial charge on any atom is 0.407 e. The second-order valence-corrected chi connectivity index (χ2v) is 7.71. The number of carboxylic acid groups (broad SMARTS) is 1. The summed E-state index contributed by atoms with van der Waals surface area (Å²) in [6, 6.07) is 13.6. The number of rotatable bonds is 9. The lowest BCUT2D eigenvalue weighted by Crippen LogP contribution is -2.51. The van der Waals surface area contributed by atoms with E-state index >= 15 is 0 Å². The van der Waals surface area contributed by atoms with Crippen LogP contribution in [0.4, 0.5) is 4.79 Å². The maximum absolute atomic E-state index is 12.5. The van der Waals surface area contributed by atoms with Gasteiger partial charge in [0.25, 0.3) is 0 Å². The fourth-order valence-corrected chi connectivity index (χ4v) is 3.87. The maximum atomic E-state index is 12.5. The van der Waals surface area contributed by atoms with Gasteiger partial charge in [0, 0.05) is 12.3 Å². The van der Waals surface area contributed by atoms with Crippen LogP contribution in [-0.4, -0.2) is 54.8 Å². The normalized spacial score (nSPS) is 13.8. The van der Waals surface area contributed by atoms with Gasteiger partial charge in [0.1, 0.15) is 18.7 Å². The molecule has 174 valence electrons. The summed E-state index contributed by atoms with van der Waals surface area (Å²) in [5, 5.41) is 13.8. The van der Waals surface area contributed by atoms with Gasteiger partial charge in [-0.25, -0.2) is 9.59 Å². The quantitative estimate of drug-likeness (QED) is 0.496. The third-order valence-electron chi connectivity index (χ3n) is 5.51. The average molecular weight is 454 g/mol. The molecule has 2 aromatic rings. The lowest BCUT2D eigenvalue weighted by atomic mass is 9.98. The molecule has 9 heteroatoms. The van der Waals surface area contributed by atoms with Crippen LogP contribution in [0.3, 0.4) is 0 Å². The van der Waals surface area contributed by atoms with Crippen LogP contribution < -0.4 is 10.6 Å². The largest absolute Gasteiger partial charge is 0.481 e. The van der Waals surface area contributed by atoms with Gasteiger partial charge < -0.3 is 25.2 Å². The zero-order valence-corrected chi connectivity index (χ0v) is 18.4. The fourth-order valence-electron chi connectivity index (χ4n) is 3.87. The molecule has 0 bridgehead atoms. The number of hydrogen-bond donors (Lipinski definition) is 3. The predicted octanol–water partition coefficient (Wildman–Crippen LogP) is 2.44. The van der Waals surface area contributed by atoms with Crippen LogP contribution in [0.2, 0.25) is 0 Å². The second-order valence-electron chi connectivity index (χ2n) is 7.71. The molecule has 0 aliphatic heterocycles. The number of ether oxygens (including phenoxy) is 2. The van der Waals surface area contributed by atoms with Crippen molar-refractivity contribution >= 4 is 23.9 Å². The van der Waals surface area contributed by atoms with E-state index < -0.39 is 36.0 Å². The van der Waals surface area contributed by atoms with Gasteiger partial charge in [-0.2, -0.15) is 0 Å². The molecule has 9 nitrogen and oxygen atoms in total. The number of nitrogens with one attached hydrogen (secondary N) is 2. The SMILES string of the molecule is COC(=O)[C@@H](C)NC(=O)C(CCC(=O)O)NC(=O)OCC1c2ccccc2-c2ccccc21. The van der Waals surface area contributed by atoms with Crippen LogP contribution in [0, 0.1) is 0 Å². The third kappa shape index (κ3) is 5.68. The number of carbonyl (C=O) groups excluding carboxylic acids is 3. The third-order valence-corrected chi connectivity index (χ3v) is 5.51. The molecule has 2 atom stereocenters. The number of carboxylic acids is 1. The number of esters is 1. The minimum absolute atomic E-state index is 0.0473. The van der Waals surface area contributed by atoms with Crippen LogP contribution in [-0.2, 0) is 23.9 Å². The molecule has 1 aliphatic carbocycles. The number of alkyl carbamates (subject to hydrolysis) is 1. The highest BCUT2D eigenvalue weighted by Gasteiger charge is 2.30. The Morgan fingerprint density at radius 1 is 0.970 bits per heavy atom. The van der Waals surface area contributed by atoms with E-state index in [4.69, 9.17) is 9.84 Å². The van der Waals surface area contributed by atoms with E-state index in [1.807, 2.05) is 48.5 Å². The van der Waals surface area contributed by atoms with Gasteiger partial charge in [0.05, 0.1) is 7.11 Å². The molecule has 1 unspecified atom stereocenters. The average Bonchev–Trinajstić information content (AvgIpc) is 3.13. The Hall–Kier alpha value is -3.88. The molecule has 0 heterocycles. The van der Waals surface area contributed by atoms with Gasteiger partial charge in [-0.3, -0.25) is 9.59 Å². The lowest BCUT2D eigenvalue weighted by molar-refractivity contribution is -0.145. The van der Waals surface area contributed by atoms with Crippen molar-refractivity contribution in [2.24, 2.45) is 0 Å². The second kappa shape index (κ2) is 10.6. The number of carbonyl (C=O) groups is 4. The molecule has 2 amide bonds. The van der Waals surface area contributed by atoms with Crippen molar-refractivity contribution in [3.63, 3.8) is 0 Å². The highest BCUT2D eigenvalue weighted by Crippen LogP contribution is 2.44. The molecule has 0 saturated heterocycles. The Labute approximate surface area is 191 Å². The van der Waals surface area contributed by atoms with Crippen LogP contribution in [0.5, 0.6) is 0 Å². The van der Waals surface area contributed by atoms with Crippen molar-refractivity contribution < 1.29 is 33.8 Å². The summed E-state index contributed by atoms with van der Waals surface area (Å²) >= 11 is 0. The van der Waals surface area contributed by atoms with Crippen molar-refractivity contribution in [3.8, 4) is 11.1 Å². The summed E-state index contributed by atoms with van der Waals surface area (Å²) < 4.78 is 10.00. The number of aliphatic carboxylic acids is 1. The Balaban J connectivity index is 1.66. The van der Waals surface area contributed by atoms with Crippen molar-refractivity contribution in [2.45, 2.75) is 37.8 Å². The van der Waals surface area contributed by atoms with E-state index in [1.54, 1.807) is 0 Å². The standard InChI is InChI=1S/C24H26N2O7/c1-14(23(30)32-2)25-22(29)20(11-12-21(27)28)26-24(31)33-13-19-17-9-5-3-7-15(17)16-8-4-6-10-18(16)19/h3-10,14,19-20H,11-13H2,1-2H3,(H,25,29)(H,26,31)(H,27,28)/t14-,20?/m1/s1. The van der Waals surface area contributed by atoms with E-state index in [0.717, 1.165) is 22.3 Å². The van der Waals surface area contributed by atoms with Crippen LogP contribution >= 0.6 is 0 Å². The number of fused-ring (bicyclic) bond motifs is 3. The lowest BCUT2D eigenvalue weighted by Gasteiger charge is -2.21. The van der Waals surface area contributed by atoms with Gasteiger partial charge in [0.15, 0.2) is 0 Å². The van der Waals surface area contributed by atoms with E-state index in [1.165, 1.54) is 14.0 Å². The van der Waals surface area contributed by atoms with E-state index in [-0.39, 0.29) is 25.4 Å². The van der Waals surface area contributed by atoms with Crippen LogP contribution in [0.25, 0.3) is 11.1 Å². The summed E-state index contributed by atoms with van der Waals surface area (Å²) in [5.41, 5.74) is 4.24. The summed E-state index contributed by atoms with van der Waals surface area (Å²) in [5.74, 6) is -2.65. The molecule has 2 aromatic carbocycles. The Bertz CT molecular complexity index is 1010. The van der Waals surface area contributed by atoms with Crippen LogP contribution in [0.1, 0.15) is 36.8 Å². The molecular weight excluding hydrogens is 428 g/mol. The zero-order valence-electron chi connectivity index (χ0n) is 18.4. The molecule has 0 aromatic heterocycles. The zero-order chi connectivity index (χ0) is 24.0. The van der Waals surface area contributed by atoms with Crippen molar-refractivity contribution in [1.82, 2.24) is 10.6 Å². The summed E-state index contributed by atoms with van der Waals surface area (Å²) in [6.45, 7) is 1.47. The molecule has 3 N–H and O–H groups in total. The van der Waals surface area contributed by atoms with Gasteiger partial charge in [0.2, 0.25) is 5.91 Å². The van der Waals surface area contributed by atoms with Gasteiger partial charge in [-0.15, -0.1) is 0 Å². The van der Waals surface area contributed by atoms with Crippen molar-refractivity contribution in [3.05, 3.63) is 59.7 Å². The smallest absolute Gasteiger partial charge is 0.407 e. The molecule has 3 rings (SSSR count). The van der Waals surface area contributed by atoms with Gasteiger partial charge >= 0.3 is 18.0 Å². The van der Waals surface area contributed by atoms with Crippen molar-refractivity contribution in [1.29, 1.82) is 0 Å². The minimum atomic E-state index is -1.19. The van der Waals surface area contributed by atoms with Gasteiger partial charge in [-0.05, 0) is 35.6 Å². The number of hydrogen-bond acceptors (Lipinski definition) is 6. The van der Waals surface area contributed by atoms with Gasteiger partial charge in [-0.1, -0.05) is 48.5 Å². The highest BCUT2D eigenvalue weighted by atomic mass is 16.5. The first-order chi connectivity index (χ1) is 15.8. The molecule has 0 spiro atoms. The molecule has 33 heavy (non-hydrogen) atoms. The number of benzene rings is 2. The summed E-state index contributed by atoms with van der Waals surface area (Å²) in [7, 11) is 1.18. The number of methoxy groups -OCH3 is 1. The Kier molecular flexibility index (Phi) is 7.66. The van der Waals surface area contributed by atoms with E-state index in [9.17, 15) is 19.2 Å². The predicted molar refractivity (Wildman–Crippen MR) is 118 cm³/mol. The molecule has 1 aliphatic rings. The molecule has 0 saturated carbocycles. The van der Waals surface area contributed by atoms with Crippen molar-refractivity contribution in [2.75, 3.05) is 13.7 Å². The van der Waals surface area contributed by atoms with E-state index in [2.05, 4.69) is 15.4 Å². The Morgan fingerprint density at radius 2 is 1.55 bits per heavy atom. The first-order valence-electron chi connectivity index (χ1n) is 10.5. The molecule has 0 fully saturated rings. The summed E-state index contributed by atoms with van der Waals surface area (Å²) in [6.07, 6.45) is -1.37. The summed E-state index contributed by atoms with van der Waals surface area (Å²) in [4.78, 5) is 47.6. The fraction of sp³-hybridized carbons (Fsp3) is 0.333. The van der Waals surface area contributed by atoms with Crippen LogP contribution in [0.15, 0.2) is 48.5 Å². The molecular formula is C24H26N2O7. The molecule has 0 radical (unpaired) electrons. The monoisotopic (exact) mass is 454 g/mol. The first kappa shape index (κ1) is 23.8. The minimum Gasteiger partial charge on any atom is -0.481 e. The van der Waals surface area contributed by atoms with E-state index in [0.29, 0.717) is 0 Å². The first-order valence-corrected chi connectivity index (χ1v) is 10.5.